The second kappa shape index (κ2) is 11.0. The molecule has 0 radical (unpaired) electrons. The average Bonchev–Trinajstić information content (AvgIpc) is 2.79. The van der Waals surface area contributed by atoms with Crippen LogP contribution in [0.1, 0.15) is 107 Å². The SMILES string of the molecule is Cc1ccccc1N(C=Nc1c(C(C)C)cccc1C(C)C)c1c(C(C)C)cccc1C(C)C. The van der Waals surface area contributed by atoms with Crippen molar-refractivity contribution >= 4 is 23.4 Å². The molecule has 180 valence electrons. The third-order valence-corrected chi connectivity index (χ3v) is 6.60. The van der Waals surface area contributed by atoms with E-state index in [1.165, 1.54) is 39.2 Å². The molecular weight excluding hydrogens is 412 g/mol. The molecule has 0 bridgehead atoms. The lowest BCUT2D eigenvalue weighted by Crippen LogP contribution is -2.20. The van der Waals surface area contributed by atoms with E-state index < -0.39 is 0 Å². The van der Waals surface area contributed by atoms with Crippen LogP contribution in [0.2, 0.25) is 0 Å². The average molecular weight is 455 g/mol. The number of benzene rings is 3. The molecule has 0 heterocycles. The molecule has 0 saturated carbocycles. The summed E-state index contributed by atoms with van der Waals surface area (Å²) in [6.45, 7) is 20.3. The zero-order valence-corrected chi connectivity index (χ0v) is 22.6. The molecule has 0 N–H and O–H groups in total. The molecule has 3 aromatic rings. The number of hydrogen-bond donors (Lipinski definition) is 0. The maximum absolute atomic E-state index is 5.24. The van der Waals surface area contributed by atoms with E-state index in [1.807, 2.05) is 0 Å². The molecule has 0 fully saturated rings. The summed E-state index contributed by atoms with van der Waals surface area (Å²) >= 11 is 0. The number of para-hydroxylation sites is 3. The molecule has 0 aliphatic carbocycles. The summed E-state index contributed by atoms with van der Waals surface area (Å²) in [5, 5.41) is 0. The number of hydrogen-bond acceptors (Lipinski definition) is 1. The van der Waals surface area contributed by atoms with Crippen molar-refractivity contribution in [3.05, 3.63) is 88.5 Å². The number of aliphatic imine (C=N–C) groups is 1. The van der Waals surface area contributed by atoms with Gasteiger partial charge in [-0.3, -0.25) is 0 Å². The third-order valence-electron chi connectivity index (χ3n) is 6.60. The van der Waals surface area contributed by atoms with Crippen LogP contribution in [0.4, 0.5) is 17.1 Å². The number of rotatable bonds is 8. The van der Waals surface area contributed by atoms with Crippen molar-refractivity contribution < 1.29 is 0 Å². The topological polar surface area (TPSA) is 15.6 Å². The molecule has 0 saturated heterocycles. The molecule has 2 heteroatoms. The molecule has 0 aromatic heterocycles. The van der Waals surface area contributed by atoms with Gasteiger partial charge in [0, 0.05) is 5.69 Å². The molecule has 0 aliphatic rings. The van der Waals surface area contributed by atoms with Crippen LogP contribution in [0.25, 0.3) is 0 Å². The Balaban J connectivity index is 2.32. The van der Waals surface area contributed by atoms with Gasteiger partial charge < -0.3 is 4.90 Å². The highest BCUT2D eigenvalue weighted by molar-refractivity contribution is 5.94. The molecule has 34 heavy (non-hydrogen) atoms. The van der Waals surface area contributed by atoms with Crippen molar-refractivity contribution in [2.24, 2.45) is 4.99 Å². The van der Waals surface area contributed by atoms with Gasteiger partial charge in [0.25, 0.3) is 0 Å². The number of aryl methyl sites for hydroxylation is 1. The predicted octanol–water partition coefficient (Wildman–Crippen LogP) is 9.99. The minimum atomic E-state index is 0.405. The molecule has 2 nitrogen and oxygen atoms in total. The molecular formula is C32H42N2. The highest BCUT2D eigenvalue weighted by atomic mass is 15.2. The zero-order chi connectivity index (χ0) is 25.0. The lowest BCUT2D eigenvalue weighted by atomic mass is 9.91. The van der Waals surface area contributed by atoms with Gasteiger partial charge in [0.2, 0.25) is 0 Å². The first-order valence-corrected chi connectivity index (χ1v) is 12.8. The minimum Gasteiger partial charge on any atom is -0.300 e. The van der Waals surface area contributed by atoms with Gasteiger partial charge in [-0.15, -0.1) is 0 Å². The summed E-state index contributed by atoms with van der Waals surface area (Å²) in [5.74, 6) is 1.63. The van der Waals surface area contributed by atoms with Crippen LogP contribution in [-0.2, 0) is 0 Å². The smallest absolute Gasteiger partial charge is 0.100 e. The van der Waals surface area contributed by atoms with Crippen LogP contribution in [0.5, 0.6) is 0 Å². The van der Waals surface area contributed by atoms with Gasteiger partial charge in [0.05, 0.1) is 11.4 Å². The fourth-order valence-corrected chi connectivity index (χ4v) is 4.64. The summed E-state index contributed by atoms with van der Waals surface area (Å²) in [5.41, 5.74) is 10.1. The normalized spacial score (nSPS) is 12.0. The lowest BCUT2D eigenvalue weighted by Gasteiger charge is -2.30. The van der Waals surface area contributed by atoms with Crippen LogP contribution >= 0.6 is 0 Å². The molecule has 0 aliphatic heterocycles. The van der Waals surface area contributed by atoms with Crippen molar-refractivity contribution in [3.63, 3.8) is 0 Å². The van der Waals surface area contributed by atoms with Gasteiger partial charge in [-0.1, -0.05) is 110 Å². The summed E-state index contributed by atoms with van der Waals surface area (Å²) in [6, 6.07) is 22.0. The van der Waals surface area contributed by atoms with Crippen molar-refractivity contribution in [1.82, 2.24) is 0 Å². The van der Waals surface area contributed by atoms with Gasteiger partial charge in [0.1, 0.15) is 6.34 Å². The second-order valence-electron chi connectivity index (χ2n) is 10.6. The van der Waals surface area contributed by atoms with E-state index in [-0.39, 0.29) is 0 Å². The van der Waals surface area contributed by atoms with Crippen LogP contribution in [0.3, 0.4) is 0 Å². The van der Waals surface area contributed by atoms with Gasteiger partial charge in [0.15, 0.2) is 0 Å². The summed E-state index contributed by atoms with van der Waals surface area (Å²) in [4.78, 5) is 7.58. The molecule has 3 aromatic carbocycles. The highest BCUT2D eigenvalue weighted by Gasteiger charge is 2.21. The Hall–Kier alpha value is -2.87. The zero-order valence-electron chi connectivity index (χ0n) is 22.6. The van der Waals surface area contributed by atoms with Crippen molar-refractivity contribution in [2.75, 3.05) is 4.90 Å². The maximum atomic E-state index is 5.24. The van der Waals surface area contributed by atoms with E-state index in [1.54, 1.807) is 0 Å². The molecule has 0 unspecified atom stereocenters. The quantitative estimate of drug-likeness (QED) is 0.244. The van der Waals surface area contributed by atoms with Crippen LogP contribution in [0.15, 0.2) is 65.7 Å². The molecule has 0 spiro atoms. The van der Waals surface area contributed by atoms with E-state index in [0.717, 1.165) is 5.69 Å². The Bertz CT molecular complexity index is 1080. The van der Waals surface area contributed by atoms with E-state index in [2.05, 4.69) is 134 Å². The van der Waals surface area contributed by atoms with E-state index >= 15 is 0 Å². The Kier molecular flexibility index (Phi) is 8.36. The van der Waals surface area contributed by atoms with Crippen molar-refractivity contribution in [3.8, 4) is 0 Å². The van der Waals surface area contributed by atoms with Gasteiger partial charge >= 0.3 is 0 Å². The summed E-state index contributed by atoms with van der Waals surface area (Å²) in [7, 11) is 0. The van der Waals surface area contributed by atoms with Gasteiger partial charge in [-0.2, -0.15) is 0 Å². The largest absolute Gasteiger partial charge is 0.300 e. The van der Waals surface area contributed by atoms with Crippen molar-refractivity contribution in [2.45, 2.75) is 86.0 Å². The first-order chi connectivity index (χ1) is 16.1. The number of anilines is 2. The Labute approximate surface area is 207 Å². The van der Waals surface area contributed by atoms with E-state index in [4.69, 9.17) is 4.99 Å². The van der Waals surface area contributed by atoms with Crippen molar-refractivity contribution in [1.29, 1.82) is 0 Å². The van der Waals surface area contributed by atoms with E-state index in [0.29, 0.717) is 23.7 Å². The monoisotopic (exact) mass is 454 g/mol. The van der Waals surface area contributed by atoms with Crippen LogP contribution in [-0.4, -0.2) is 6.34 Å². The molecule has 0 amide bonds. The standard InChI is InChI=1S/C32H42N2/c1-21(2)26-15-12-16-27(22(3)4)31(26)33-20-34(30-19-11-10-14-25(30)9)32-28(23(5)6)17-13-18-29(32)24(7)8/h10-24H,1-9H3. The van der Waals surface area contributed by atoms with Crippen LogP contribution < -0.4 is 4.90 Å². The Morgan fingerprint density at radius 1 is 0.588 bits per heavy atom. The summed E-state index contributed by atoms with van der Waals surface area (Å²) < 4.78 is 0. The number of nitrogens with zero attached hydrogens (tertiary/aromatic N) is 2. The summed E-state index contributed by atoms with van der Waals surface area (Å²) in [6.07, 6.45) is 2.07. The first-order valence-electron chi connectivity index (χ1n) is 12.8. The van der Waals surface area contributed by atoms with Crippen LogP contribution in [0, 0.1) is 6.92 Å². The van der Waals surface area contributed by atoms with E-state index in [9.17, 15) is 0 Å². The highest BCUT2D eigenvalue weighted by Crippen LogP contribution is 2.40. The fraction of sp³-hybridized carbons (Fsp3) is 0.406. The second-order valence-corrected chi connectivity index (χ2v) is 10.6. The van der Waals surface area contributed by atoms with Gasteiger partial charge in [-0.25, -0.2) is 4.99 Å². The Morgan fingerprint density at radius 3 is 1.47 bits per heavy atom. The molecule has 3 rings (SSSR count). The molecule has 0 atom stereocenters. The third kappa shape index (κ3) is 5.43. The minimum absolute atomic E-state index is 0.405. The maximum Gasteiger partial charge on any atom is 0.100 e. The van der Waals surface area contributed by atoms with Gasteiger partial charge in [-0.05, 0) is 64.5 Å². The fourth-order valence-electron chi connectivity index (χ4n) is 4.64. The predicted molar refractivity (Wildman–Crippen MR) is 151 cm³/mol. The Morgan fingerprint density at radius 2 is 1.03 bits per heavy atom. The lowest BCUT2D eigenvalue weighted by molar-refractivity contribution is 0.831. The first kappa shape index (κ1) is 25.7.